The third-order valence-corrected chi connectivity index (χ3v) is 4.91. The average molecular weight is 366 g/mol. The first kappa shape index (κ1) is 19.6. The maximum absolute atomic E-state index is 12.2. The van der Waals surface area contributed by atoms with Gasteiger partial charge in [-0.05, 0) is 36.7 Å². The lowest BCUT2D eigenvalue weighted by Crippen LogP contribution is -2.50. The molecule has 0 bridgehead atoms. The highest BCUT2D eigenvalue weighted by Gasteiger charge is 2.31. The Morgan fingerprint density at radius 2 is 1.91 bits per heavy atom. The molecule has 1 amide bonds. The highest BCUT2D eigenvalue weighted by atomic mass is 35.5. The Labute approximate surface area is 148 Å². The fraction of sp³-hybridized carbons (Fsp3) is 0.562. The van der Waals surface area contributed by atoms with E-state index in [4.69, 9.17) is 23.2 Å². The van der Waals surface area contributed by atoms with Crippen molar-refractivity contribution in [2.45, 2.75) is 26.2 Å². The van der Waals surface area contributed by atoms with Crippen LogP contribution in [0, 0.1) is 11.8 Å². The maximum atomic E-state index is 12.2. The highest BCUT2D eigenvalue weighted by molar-refractivity contribution is 6.36. The summed E-state index contributed by atoms with van der Waals surface area (Å²) in [6, 6.07) is 5.48. The van der Waals surface area contributed by atoms with Crippen LogP contribution in [0.4, 0.5) is 0 Å². The van der Waals surface area contributed by atoms with Gasteiger partial charge in [0.05, 0.1) is 0 Å². The zero-order chi connectivity index (χ0) is 15.6. The Kier molecular flexibility index (Phi) is 7.00. The number of benzene rings is 1. The van der Waals surface area contributed by atoms with Gasteiger partial charge < -0.3 is 10.6 Å². The normalized spacial score (nSPS) is 16.4. The summed E-state index contributed by atoms with van der Waals surface area (Å²) >= 11 is 12.5. The van der Waals surface area contributed by atoms with Crippen molar-refractivity contribution in [3.8, 4) is 0 Å². The maximum Gasteiger partial charge on any atom is 0.223 e. The predicted octanol–water partition coefficient (Wildman–Crippen LogP) is 3.66. The second kappa shape index (κ2) is 7.87. The van der Waals surface area contributed by atoms with E-state index in [2.05, 4.69) is 10.6 Å². The molecule has 1 aliphatic rings. The summed E-state index contributed by atoms with van der Waals surface area (Å²) < 4.78 is 0. The van der Waals surface area contributed by atoms with E-state index >= 15 is 0 Å². The SMILES string of the molecule is CC(C(=O)NCC(C)(C)c1c(Cl)cccc1Cl)C1CNC1.Cl. The monoisotopic (exact) mass is 364 g/mol. The van der Waals surface area contributed by atoms with Crippen molar-refractivity contribution in [2.24, 2.45) is 11.8 Å². The molecule has 0 spiro atoms. The fourth-order valence-corrected chi connectivity index (χ4v) is 3.49. The molecule has 1 aromatic carbocycles. The topological polar surface area (TPSA) is 41.1 Å². The Morgan fingerprint density at radius 3 is 2.36 bits per heavy atom. The van der Waals surface area contributed by atoms with Crippen molar-refractivity contribution in [1.29, 1.82) is 0 Å². The number of hydrogen-bond donors (Lipinski definition) is 2. The zero-order valence-electron chi connectivity index (χ0n) is 13.1. The summed E-state index contributed by atoms with van der Waals surface area (Å²) in [5.74, 6) is 0.568. The van der Waals surface area contributed by atoms with Gasteiger partial charge in [0.1, 0.15) is 0 Å². The summed E-state index contributed by atoms with van der Waals surface area (Å²) in [7, 11) is 0. The van der Waals surface area contributed by atoms with Crippen molar-refractivity contribution in [3.05, 3.63) is 33.8 Å². The molecule has 1 atom stereocenters. The molecular weight excluding hydrogens is 343 g/mol. The van der Waals surface area contributed by atoms with E-state index in [-0.39, 0.29) is 29.6 Å². The van der Waals surface area contributed by atoms with Gasteiger partial charge in [-0.1, -0.05) is 50.0 Å². The van der Waals surface area contributed by atoms with E-state index in [9.17, 15) is 4.79 Å². The number of carbonyl (C=O) groups excluding carboxylic acids is 1. The third kappa shape index (κ3) is 4.29. The van der Waals surface area contributed by atoms with Crippen LogP contribution in [0.1, 0.15) is 26.3 Å². The van der Waals surface area contributed by atoms with Gasteiger partial charge in [0.2, 0.25) is 5.91 Å². The number of nitrogens with one attached hydrogen (secondary N) is 2. The first-order chi connectivity index (χ1) is 9.83. The first-order valence-electron chi connectivity index (χ1n) is 7.26. The van der Waals surface area contributed by atoms with E-state index in [1.165, 1.54) is 0 Å². The minimum absolute atomic E-state index is 0. The van der Waals surface area contributed by atoms with Crippen LogP contribution in [0.5, 0.6) is 0 Å². The molecule has 1 heterocycles. The van der Waals surface area contributed by atoms with Gasteiger partial charge in [-0.15, -0.1) is 12.4 Å². The summed E-state index contributed by atoms with van der Waals surface area (Å²) in [5.41, 5.74) is 0.564. The molecule has 6 heteroatoms. The van der Waals surface area contributed by atoms with Crippen LogP contribution in [0.25, 0.3) is 0 Å². The summed E-state index contributed by atoms with van der Waals surface area (Å²) in [4.78, 5) is 12.2. The Bertz CT molecular complexity index is 510. The van der Waals surface area contributed by atoms with Gasteiger partial charge >= 0.3 is 0 Å². The zero-order valence-corrected chi connectivity index (χ0v) is 15.4. The number of rotatable bonds is 5. The van der Waals surface area contributed by atoms with Crippen molar-refractivity contribution in [2.75, 3.05) is 19.6 Å². The predicted molar refractivity (Wildman–Crippen MR) is 95.3 cm³/mol. The molecular formula is C16H23Cl3N2O. The quantitative estimate of drug-likeness (QED) is 0.836. The summed E-state index contributed by atoms with van der Waals surface area (Å²) in [6.45, 7) is 8.42. The molecule has 1 aliphatic heterocycles. The molecule has 3 nitrogen and oxygen atoms in total. The van der Waals surface area contributed by atoms with Gasteiger partial charge in [0.15, 0.2) is 0 Å². The van der Waals surface area contributed by atoms with Crippen molar-refractivity contribution in [3.63, 3.8) is 0 Å². The second-order valence-electron chi connectivity index (χ2n) is 6.41. The molecule has 2 N–H and O–H groups in total. The molecule has 1 aromatic rings. The van der Waals surface area contributed by atoms with Crippen LogP contribution in [-0.2, 0) is 10.2 Å². The van der Waals surface area contributed by atoms with Gasteiger partial charge in [-0.3, -0.25) is 4.79 Å². The van der Waals surface area contributed by atoms with Gasteiger partial charge in [-0.2, -0.15) is 0 Å². The molecule has 0 saturated carbocycles. The molecule has 1 fully saturated rings. The van der Waals surface area contributed by atoms with E-state index < -0.39 is 0 Å². The molecule has 124 valence electrons. The molecule has 1 unspecified atom stereocenters. The number of halogens is 3. The molecule has 0 aliphatic carbocycles. The third-order valence-electron chi connectivity index (χ3n) is 4.28. The second-order valence-corrected chi connectivity index (χ2v) is 7.22. The summed E-state index contributed by atoms with van der Waals surface area (Å²) in [6.07, 6.45) is 0. The van der Waals surface area contributed by atoms with Crippen LogP contribution < -0.4 is 10.6 Å². The largest absolute Gasteiger partial charge is 0.355 e. The average Bonchev–Trinajstić information content (AvgIpc) is 2.33. The lowest BCUT2D eigenvalue weighted by atomic mass is 9.83. The number of amides is 1. The lowest BCUT2D eigenvalue weighted by Gasteiger charge is -2.33. The van der Waals surface area contributed by atoms with E-state index in [0.29, 0.717) is 22.5 Å². The molecule has 22 heavy (non-hydrogen) atoms. The van der Waals surface area contributed by atoms with E-state index in [1.54, 1.807) is 0 Å². The lowest BCUT2D eigenvalue weighted by molar-refractivity contribution is -0.126. The number of carbonyl (C=O) groups is 1. The highest BCUT2D eigenvalue weighted by Crippen LogP contribution is 2.35. The van der Waals surface area contributed by atoms with Crippen LogP contribution in [0.15, 0.2) is 18.2 Å². The van der Waals surface area contributed by atoms with Crippen LogP contribution in [-0.4, -0.2) is 25.5 Å². The van der Waals surface area contributed by atoms with E-state index in [0.717, 1.165) is 18.7 Å². The van der Waals surface area contributed by atoms with Crippen molar-refractivity contribution < 1.29 is 4.79 Å². The first-order valence-corrected chi connectivity index (χ1v) is 8.01. The molecule has 0 radical (unpaired) electrons. The van der Waals surface area contributed by atoms with Crippen molar-refractivity contribution >= 4 is 41.5 Å². The fourth-order valence-electron chi connectivity index (χ4n) is 2.58. The van der Waals surface area contributed by atoms with Crippen LogP contribution >= 0.6 is 35.6 Å². The molecule has 2 rings (SSSR count). The van der Waals surface area contributed by atoms with Crippen LogP contribution in [0.3, 0.4) is 0 Å². The Morgan fingerprint density at radius 1 is 1.36 bits per heavy atom. The van der Waals surface area contributed by atoms with Gasteiger partial charge in [0.25, 0.3) is 0 Å². The van der Waals surface area contributed by atoms with Crippen molar-refractivity contribution in [1.82, 2.24) is 10.6 Å². The van der Waals surface area contributed by atoms with Gasteiger partial charge in [0, 0.05) is 27.9 Å². The van der Waals surface area contributed by atoms with Gasteiger partial charge in [-0.25, -0.2) is 0 Å². The minimum atomic E-state index is -0.317. The summed E-state index contributed by atoms with van der Waals surface area (Å²) in [5, 5.41) is 7.51. The Balaban J connectivity index is 0.00000242. The van der Waals surface area contributed by atoms with E-state index in [1.807, 2.05) is 39.0 Å². The molecule has 1 saturated heterocycles. The molecule has 0 aromatic heterocycles. The minimum Gasteiger partial charge on any atom is -0.355 e. The van der Waals surface area contributed by atoms with Crippen LogP contribution in [0.2, 0.25) is 10.0 Å². The standard InChI is InChI=1S/C16H22Cl2N2O.ClH/c1-10(11-7-19-8-11)15(21)20-9-16(2,3)14-12(17)5-4-6-13(14)18;/h4-6,10-11,19H,7-9H2,1-3H3,(H,20,21);1H. The Hall–Kier alpha value is -0.480. The smallest absolute Gasteiger partial charge is 0.223 e. The number of hydrogen-bond acceptors (Lipinski definition) is 2.